The number of rotatable bonds is 61. The van der Waals surface area contributed by atoms with E-state index >= 15 is 0 Å². The van der Waals surface area contributed by atoms with E-state index in [2.05, 4.69) is 106 Å². The van der Waals surface area contributed by atoms with Gasteiger partial charge in [0.05, 0.1) is 6.42 Å². The first kappa shape index (κ1) is 76.1. The van der Waals surface area contributed by atoms with Crippen molar-refractivity contribution in [2.45, 2.75) is 329 Å². The van der Waals surface area contributed by atoms with Gasteiger partial charge in [-0.15, -0.1) is 0 Å². The average Bonchev–Trinajstić information content (AvgIpc) is 3.46. The van der Waals surface area contributed by atoms with Crippen LogP contribution in [0.15, 0.2) is 109 Å². The van der Waals surface area contributed by atoms with Gasteiger partial charge in [-0.2, -0.15) is 0 Å². The Bertz CT molecular complexity index is 1610. The second-order valence-corrected chi connectivity index (χ2v) is 22.3. The summed E-state index contributed by atoms with van der Waals surface area (Å²) in [4.78, 5) is 38.1. The smallest absolute Gasteiger partial charge is 0.310 e. The van der Waals surface area contributed by atoms with E-state index in [1.54, 1.807) is 6.08 Å². The Hall–Kier alpha value is -3.93. The molecule has 0 spiro atoms. The third kappa shape index (κ3) is 64.9. The first-order chi connectivity index (χ1) is 39.5. The minimum atomic E-state index is -0.862. The summed E-state index contributed by atoms with van der Waals surface area (Å²) in [6, 6.07) is 0. The molecule has 0 amide bonds. The van der Waals surface area contributed by atoms with Crippen molar-refractivity contribution in [2.24, 2.45) is 0 Å². The summed E-state index contributed by atoms with van der Waals surface area (Å²) in [5.74, 6) is -1.15. The van der Waals surface area contributed by atoms with Crippen LogP contribution in [-0.2, 0) is 28.6 Å². The third-order valence-corrected chi connectivity index (χ3v) is 14.6. The van der Waals surface area contributed by atoms with Crippen molar-refractivity contribution in [3.8, 4) is 0 Å². The van der Waals surface area contributed by atoms with Gasteiger partial charge in [0.15, 0.2) is 6.10 Å². The van der Waals surface area contributed by atoms with E-state index in [4.69, 9.17) is 14.2 Å². The van der Waals surface area contributed by atoms with E-state index in [0.717, 1.165) is 70.6 Å². The van der Waals surface area contributed by atoms with Crippen LogP contribution < -0.4 is 0 Å². The highest BCUT2D eigenvalue weighted by Gasteiger charge is 2.19. The molecular weight excluding hydrogens is 985 g/mol. The normalized spacial score (nSPS) is 12.8. The van der Waals surface area contributed by atoms with Crippen molar-refractivity contribution >= 4 is 17.9 Å². The molecule has 0 aromatic rings. The molecule has 0 fully saturated rings. The molecule has 0 heterocycles. The predicted octanol–water partition coefficient (Wildman–Crippen LogP) is 23.4. The molecule has 0 aliphatic carbocycles. The topological polar surface area (TPSA) is 78.9 Å². The molecular formula is C74H126O6. The van der Waals surface area contributed by atoms with Crippen LogP contribution in [0.4, 0.5) is 0 Å². The first-order valence-corrected chi connectivity index (χ1v) is 33.9. The number of carbonyl (C=O) groups is 3. The van der Waals surface area contributed by atoms with E-state index in [0.29, 0.717) is 19.3 Å². The minimum Gasteiger partial charge on any atom is -0.462 e. The van der Waals surface area contributed by atoms with Gasteiger partial charge in [0.1, 0.15) is 13.2 Å². The molecule has 0 radical (unpaired) electrons. The largest absolute Gasteiger partial charge is 0.462 e. The van der Waals surface area contributed by atoms with Crippen LogP contribution >= 0.6 is 0 Å². The van der Waals surface area contributed by atoms with Crippen molar-refractivity contribution in [1.29, 1.82) is 0 Å². The summed E-state index contributed by atoms with van der Waals surface area (Å²) >= 11 is 0. The van der Waals surface area contributed by atoms with Gasteiger partial charge in [0.2, 0.25) is 0 Å². The van der Waals surface area contributed by atoms with Gasteiger partial charge in [0, 0.05) is 12.8 Å². The maximum absolute atomic E-state index is 12.8. The van der Waals surface area contributed by atoms with Crippen LogP contribution in [-0.4, -0.2) is 37.2 Å². The molecule has 80 heavy (non-hydrogen) atoms. The SMILES string of the molecule is CC/C=C\C/C=C\C/C=C\C/C=C\C/C=C\CC(=O)OC(COC(=O)CC/C=C\C/C=C\C/C=C\C/C=C\CC)COC(=O)CCCCCCCCCCCCCCCCCCCCCCCCCCCCCCCCCCCC. The minimum absolute atomic E-state index is 0.0808. The summed E-state index contributed by atoms with van der Waals surface area (Å²) < 4.78 is 16.7. The zero-order valence-corrected chi connectivity index (χ0v) is 52.6. The van der Waals surface area contributed by atoms with Gasteiger partial charge in [-0.3, -0.25) is 14.4 Å². The zero-order chi connectivity index (χ0) is 57.8. The van der Waals surface area contributed by atoms with Gasteiger partial charge in [0.25, 0.3) is 0 Å². The highest BCUT2D eigenvalue weighted by molar-refractivity contribution is 5.72. The van der Waals surface area contributed by atoms with Gasteiger partial charge >= 0.3 is 17.9 Å². The Balaban J connectivity index is 4.17. The number of esters is 3. The second kappa shape index (κ2) is 67.6. The van der Waals surface area contributed by atoms with Crippen LogP contribution in [0.25, 0.3) is 0 Å². The average molecular weight is 1110 g/mol. The van der Waals surface area contributed by atoms with Crippen molar-refractivity contribution in [3.05, 3.63) is 109 Å². The number of unbranched alkanes of at least 4 members (excludes halogenated alkanes) is 33. The number of carbonyl (C=O) groups excluding carboxylic acids is 3. The third-order valence-electron chi connectivity index (χ3n) is 14.6. The molecule has 0 bridgehead atoms. The van der Waals surface area contributed by atoms with Gasteiger partial charge in [-0.1, -0.05) is 342 Å². The Kier molecular flexibility index (Phi) is 64.3. The van der Waals surface area contributed by atoms with E-state index in [1.807, 2.05) is 18.2 Å². The second-order valence-electron chi connectivity index (χ2n) is 22.3. The van der Waals surface area contributed by atoms with Crippen molar-refractivity contribution in [2.75, 3.05) is 13.2 Å². The molecule has 0 N–H and O–H groups in total. The lowest BCUT2D eigenvalue weighted by atomic mass is 10.0. The fourth-order valence-electron chi connectivity index (χ4n) is 9.59. The highest BCUT2D eigenvalue weighted by atomic mass is 16.6. The lowest BCUT2D eigenvalue weighted by Gasteiger charge is -2.18. The molecule has 1 unspecified atom stereocenters. The molecule has 0 aliphatic heterocycles. The molecule has 0 saturated heterocycles. The van der Waals surface area contributed by atoms with Gasteiger partial charge < -0.3 is 14.2 Å². The number of allylic oxidation sites excluding steroid dienone is 17. The quantitative estimate of drug-likeness (QED) is 0.0261. The Morgan fingerprint density at radius 3 is 0.825 bits per heavy atom. The Labute approximate surface area is 495 Å². The van der Waals surface area contributed by atoms with Crippen molar-refractivity contribution in [1.82, 2.24) is 0 Å². The molecule has 1 atom stereocenters. The highest BCUT2D eigenvalue weighted by Crippen LogP contribution is 2.18. The fourth-order valence-corrected chi connectivity index (χ4v) is 9.59. The van der Waals surface area contributed by atoms with Crippen LogP contribution in [0.3, 0.4) is 0 Å². The van der Waals surface area contributed by atoms with Crippen molar-refractivity contribution < 1.29 is 28.6 Å². The molecule has 0 aromatic carbocycles. The number of hydrogen-bond donors (Lipinski definition) is 0. The summed E-state index contributed by atoms with van der Waals surface area (Å²) in [7, 11) is 0. The molecule has 0 rings (SSSR count). The fraction of sp³-hybridized carbons (Fsp3) is 0.716. The van der Waals surface area contributed by atoms with Crippen LogP contribution in [0, 0.1) is 0 Å². The molecule has 458 valence electrons. The lowest BCUT2D eigenvalue weighted by Crippen LogP contribution is -2.30. The predicted molar refractivity (Wildman–Crippen MR) is 348 cm³/mol. The van der Waals surface area contributed by atoms with E-state index in [-0.39, 0.29) is 38.0 Å². The maximum atomic E-state index is 12.8. The summed E-state index contributed by atoms with van der Waals surface area (Å²) in [6.45, 7) is 6.29. The van der Waals surface area contributed by atoms with Crippen LogP contribution in [0.1, 0.15) is 323 Å². The van der Waals surface area contributed by atoms with E-state index < -0.39 is 12.1 Å². The summed E-state index contributed by atoms with van der Waals surface area (Å²) in [5.41, 5.74) is 0. The van der Waals surface area contributed by atoms with Gasteiger partial charge in [-0.25, -0.2) is 0 Å². The summed E-state index contributed by atoms with van der Waals surface area (Å²) in [6.07, 6.45) is 93.4. The molecule has 0 aromatic heterocycles. The van der Waals surface area contributed by atoms with Gasteiger partial charge in [-0.05, 0) is 70.6 Å². The molecule has 6 heteroatoms. The Morgan fingerprint density at radius 2 is 0.525 bits per heavy atom. The lowest BCUT2D eigenvalue weighted by molar-refractivity contribution is -0.166. The van der Waals surface area contributed by atoms with E-state index in [9.17, 15) is 14.4 Å². The van der Waals surface area contributed by atoms with Crippen LogP contribution in [0.5, 0.6) is 0 Å². The standard InChI is InChI=1S/C74H126O6/c1-4-7-10-13-16-19-22-25-27-28-29-30-31-32-33-34-35-36-37-38-39-40-41-42-43-44-45-47-49-52-55-58-61-64-67-73(76)79-70-71(69-78-72(75)66-63-60-57-54-51-48-24-21-18-15-12-9-6-3)80-74(77)68-65-62-59-56-53-50-46-26-23-20-17-14-11-8-5-2/h8-9,11-12,17-18,20-21,26,46,48,51,53,56-57,60,62,65,71H,4-7,10,13-16,19,22-25,27-45,47,49-50,52,54-55,58-59,61,63-64,66-70H2,1-3H3/b11-8-,12-9-,20-17-,21-18-,46-26-,51-48-,56-53-,60-57-,65-62-. The molecule has 0 aliphatic rings. The summed E-state index contributed by atoms with van der Waals surface area (Å²) in [5, 5.41) is 0. The zero-order valence-electron chi connectivity index (χ0n) is 52.6. The Morgan fingerprint density at radius 1 is 0.275 bits per heavy atom. The number of ether oxygens (including phenoxy) is 3. The molecule has 6 nitrogen and oxygen atoms in total. The van der Waals surface area contributed by atoms with E-state index in [1.165, 1.54) is 199 Å². The maximum Gasteiger partial charge on any atom is 0.310 e. The first-order valence-electron chi connectivity index (χ1n) is 33.9. The van der Waals surface area contributed by atoms with Crippen LogP contribution in [0.2, 0.25) is 0 Å². The monoisotopic (exact) mass is 1110 g/mol. The number of hydrogen-bond acceptors (Lipinski definition) is 6. The molecule has 0 saturated carbocycles. The van der Waals surface area contributed by atoms with Crippen molar-refractivity contribution in [3.63, 3.8) is 0 Å².